The van der Waals surface area contributed by atoms with Gasteiger partial charge in [-0.15, -0.1) is 0 Å². The van der Waals surface area contributed by atoms with Gasteiger partial charge in [0.25, 0.3) is 0 Å². The Bertz CT molecular complexity index is 4170. The van der Waals surface area contributed by atoms with Gasteiger partial charge in [-0.25, -0.2) is 9.97 Å². The van der Waals surface area contributed by atoms with E-state index in [-0.39, 0.29) is 0 Å². The number of nitrogens with zero attached hydrogens (tertiary/aromatic N) is 2. The first-order valence-electron chi connectivity index (χ1n) is 25.3. The van der Waals surface area contributed by atoms with E-state index in [4.69, 9.17) is 14.4 Å². The van der Waals surface area contributed by atoms with Gasteiger partial charge in [-0.2, -0.15) is 0 Å². The Morgan fingerprint density at radius 3 is 1.28 bits per heavy atom. The molecule has 0 amide bonds. The van der Waals surface area contributed by atoms with Crippen LogP contribution in [-0.2, 0) is 5.41 Å². The number of aromatic nitrogens is 2. The summed E-state index contributed by atoms with van der Waals surface area (Å²) in [6, 6.07) is 100. The van der Waals surface area contributed by atoms with Crippen LogP contribution in [0.1, 0.15) is 22.3 Å². The summed E-state index contributed by atoms with van der Waals surface area (Å²) in [5.41, 5.74) is 22.3. The summed E-state index contributed by atoms with van der Waals surface area (Å²) in [6.45, 7) is 0. The van der Waals surface area contributed by atoms with E-state index in [1.165, 1.54) is 55.6 Å². The molecule has 3 nitrogen and oxygen atoms in total. The third-order valence-electron chi connectivity index (χ3n) is 15.0. The third kappa shape index (κ3) is 7.36. The smallest absolute Gasteiger partial charge is 0.160 e. The number of hydrogen-bond acceptors (Lipinski definition) is 3. The Labute approximate surface area is 430 Å². The van der Waals surface area contributed by atoms with Crippen LogP contribution < -0.4 is 0 Å². The molecule has 0 bridgehead atoms. The van der Waals surface area contributed by atoms with Gasteiger partial charge in [0.15, 0.2) is 5.82 Å². The first kappa shape index (κ1) is 43.1. The predicted molar refractivity (Wildman–Crippen MR) is 305 cm³/mol. The van der Waals surface area contributed by atoms with E-state index < -0.39 is 5.41 Å². The van der Waals surface area contributed by atoms with E-state index in [9.17, 15) is 0 Å². The van der Waals surface area contributed by atoms with Crippen molar-refractivity contribution in [3.05, 3.63) is 301 Å². The zero-order valence-electron chi connectivity index (χ0n) is 40.4. The molecule has 0 fully saturated rings. The summed E-state index contributed by atoms with van der Waals surface area (Å²) >= 11 is 0. The van der Waals surface area contributed by atoms with E-state index in [2.05, 4.69) is 261 Å². The molecule has 14 rings (SSSR count). The molecule has 3 heteroatoms. The normalized spacial score (nSPS) is 12.4. The second-order valence-electron chi connectivity index (χ2n) is 19.2. The first-order valence-corrected chi connectivity index (χ1v) is 25.3. The van der Waals surface area contributed by atoms with Gasteiger partial charge in [0.1, 0.15) is 11.2 Å². The summed E-state index contributed by atoms with van der Waals surface area (Å²) < 4.78 is 6.27. The summed E-state index contributed by atoms with van der Waals surface area (Å²) in [7, 11) is 0. The number of benzene rings is 11. The van der Waals surface area contributed by atoms with Crippen molar-refractivity contribution in [2.24, 2.45) is 0 Å². The van der Waals surface area contributed by atoms with Gasteiger partial charge in [-0.05, 0) is 132 Å². The zero-order valence-corrected chi connectivity index (χ0v) is 40.4. The molecule has 346 valence electrons. The average Bonchev–Trinajstić information content (AvgIpc) is 4.08. The second kappa shape index (κ2) is 17.9. The highest BCUT2D eigenvalue weighted by molar-refractivity contribution is 6.06. The van der Waals surface area contributed by atoms with E-state index in [1.807, 2.05) is 18.2 Å². The van der Waals surface area contributed by atoms with Crippen molar-refractivity contribution in [2.45, 2.75) is 5.41 Å². The molecule has 0 unspecified atom stereocenters. The van der Waals surface area contributed by atoms with E-state index in [1.54, 1.807) is 0 Å². The Hall–Kier alpha value is -9.70. The van der Waals surface area contributed by atoms with Crippen molar-refractivity contribution >= 4 is 21.9 Å². The van der Waals surface area contributed by atoms with Crippen molar-refractivity contribution in [2.75, 3.05) is 0 Å². The van der Waals surface area contributed by atoms with Crippen molar-refractivity contribution in [1.29, 1.82) is 0 Å². The van der Waals surface area contributed by atoms with Gasteiger partial charge in [0.05, 0.1) is 16.8 Å². The van der Waals surface area contributed by atoms with Gasteiger partial charge in [0, 0.05) is 27.5 Å². The molecule has 0 radical (unpaired) electrons. The maximum Gasteiger partial charge on any atom is 0.160 e. The molecule has 1 aliphatic carbocycles. The van der Waals surface area contributed by atoms with Crippen LogP contribution in [0.3, 0.4) is 0 Å². The van der Waals surface area contributed by atoms with Crippen LogP contribution in [0.2, 0.25) is 0 Å². The first-order chi connectivity index (χ1) is 36.6. The molecule has 0 N–H and O–H groups in total. The minimum atomic E-state index is -0.637. The fraction of sp³-hybridized carbons (Fsp3) is 0.0141. The van der Waals surface area contributed by atoms with Crippen LogP contribution in [0.25, 0.3) is 111 Å². The number of hydrogen-bond donors (Lipinski definition) is 0. The molecule has 2 aromatic heterocycles. The van der Waals surface area contributed by atoms with Crippen LogP contribution in [0.4, 0.5) is 0 Å². The van der Waals surface area contributed by atoms with Gasteiger partial charge in [-0.3, -0.25) is 0 Å². The fourth-order valence-corrected chi connectivity index (χ4v) is 11.4. The molecular weight excluding hydrogens is 897 g/mol. The number of fused-ring (bicyclic) bond motifs is 6. The maximum absolute atomic E-state index is 6.27. The van der Waals surface area contributed by atoms with Gasteiger partial charge in [0.2, 0.25) is 0 Å². The Morgan fingerprint density at radius 1 is 0.257 bits per heavy atom. The molecular formula is C71H46N2O. The Balaban J connectivity index is 0.959. The molecule has 2 heterocycles. The van der Waals surface area contributed by atoms with Crippen molar-refractivity contribution in [3.63, 3.8) is 0 Å². The van der Waals surface area contributed by atoms with Gasteiger partial charge >= 0.3 is 0 Å². The van der Waals surface area contributed by atoms with E-state index >= 15 is 0 Å². The molecule has 0 saturated carbocycles. The highest BCUT2D eigenvalue weighted by atomic mass is 16.3. The van der Waals surface area contributed by atoms with Crippen LogP contribution in [0.5, 0.6) is 0 Å². The molecule has 0 atom stereocenters. The lowest BCUT2D eigenvalue weighted by Crippen LogP contribution is -2.28. The van der Waals surface area contributed by atoms with Gasteiger partial charge < -0.3 is 4.42 Å². The van der Waals surface area contributed by atoms with E-state index in [0.29, 0.717) is 5.82 Å². The monoisotopic (exact) mass is 942 g/mol. The maximum atomic E-state index is 6.27. The lowest BCUT2D eigenvalue weighted by molar-refractivity contribution is 0.669. The van der Waals surface area contributed by atoms with Crippen LogP contribution >= 0.6 is 0 Å². The summed E-state index contributed by atoms with van der Waals surface area (Å²) in [5.74, 6) is 0.667. The topological polar surface area (TPSA) is 38.9 Å². The fourth-order valence-electron chi connectivity index (χ4n) is 11.4. The average molecular weight is 943 g/mol. The lowest BCUT2D eigenvalue weighted by Gasteiger charge is -2.34. The highest BCUT2D eigenvalue weighted by Gasteiger charge is 2.46. The number of furan rings is 1. The van der Waals surface area contributed by atoms with Crippen molar-refractivity contribution < 1.29 is 4.42 Å². The largest absolute Gasteiger partial charge is 0.456 e. The number of para-hydroxylation sites is 1. The van der Waals surface area contributed by atoms with E-state index in [0.717, 1.165) is 72.3 Å². The Morgan fingerprint density at radius 2 is 0.662 bits per heavy atom. The van der Waals surface area contributed by atoms with Crippen molar-refractivity contribution in [3.8, 4) is 89.5 Å². The standard InChI is InChI=1S/C71H46N2O/c1-6-18-47(19-7-1)49-30-32-50(33-31-49)53-34-37-60-61-38-35-54(45-65(61)71(64(60)44-53,58-24-12-4-13-25-58)59-26-14-5-15-27-59)66-46-67(73-70(72-66)51-22-10-3-11-23-51)57-41-55(48-20-8-2-9-21-48)40-56(42-57)52-36-39-69-63(43-52)62-28-16-17-29-68(62)74-69/h1-46H. The minimum absolute atomic E-state index is 0.637. The summed E-state index contributed by atoms with van der Waals surface area (Å²) in [4.78, 5) is 10.9. The quantitative estimate of drug-likeness (QED) is 0.145. The highest BCUT2D eigenvalue weighted by Crippen LogP contribution is 2.57. The SMILES string of the molecule is c1ccc(-c2ccc(-c3ccc4c(c3)C(c3ccccc3)(c3ccccc3)c3cc(-c5cc(-c6cc(-c7ccccc7)cc(-c7ccc8oc9ccccc9c8c7)c6)nc(-c6ccccc6)n5)ccc3-4)cc2)cc1. The molecule has 1 aliphatic rings. The molecule has 0 spiro atoms. The summed E-state index contributed by atoms with van der Waals surface area (Å²) in [5, 5.41) is 2.20. The van der Waals surface area contributed by atoms with Crippen LogP contribution in [0.15, 0.2) is 283 Å². The van der Waals surface area contributed by atoms with Crippen LogP contribution in [0, 0.1) is 0 Å². The predicted octanol–water partition coefficient (Wildman–Crippen LogP) is 18.4. The third-order valence-corrected chi connectivity index (χ3v) is 15.0. The van der Waals surface area contributed by atoms with Crippen molar-refractivity contribution in [1.82, 2.24) is 9.97 Å². The molecule has 0 saturated heterocycles. The molecule has 13 aromatic rings. The number of rotatable bonds is 9. The molecule has 11 aromatic carbocycles. The molecule has 74 heavy (non-hydrogen) atoms. The van der Waals surface area contributed by atoms with Crippen LogP contribution in [-0.4, -0.2) is 9.97 Å². The van der Waals surface area contributed by atoms with Gasteiger partial charge in [-0.1, -0.05) is 224 Å². The zero-order chi connectivity index (χ0) is 49.0. The summed E-state index contributed by atoms with van der Waals surface area (Å²) in [6.07, 6.45) is 0. The minimum Gasteiger partial charge on any atom is -0.456 e. The lowest BCUT2D eigenvalue weighted by atomic mass is 9.67. The second-order valence-corrected chi connectivity index (χ2v) is 19.2. The molecule has 0 aliphatic heterocycles. The Kier molecular flexibility index (Phi) is 10.4.